The summed E-state index contributed by atoms with van der Waals surface area (Å²) in [4.78, 5) is 41.9. The molecule has 3 aliphatic rings. The van der Waals surface area contributed by atoms with Gasteiger partial charge in [0.15, 0.2) is 0 Å². The molecule has 8 nitrogen and oxygen atoms in total. The van der Waals surface area contributed by atoms with Crippen LogP contribution in [0.4, 0.5) is 5.69 Å². The fourth-order valence-electron chi connectivity index (χ4n) is 4.92. The Balaban J connectivity index is 1.29. The number of fused-ring (bicyclic) bond motifs is 1. The maximum absolute atomic E-state index is 13.0. The molecule has 5 rings (SSSR count). The standard InChI is InChI=1S/C23H29N5O3/c1-25-21(17-10-13-26(14-11-17)22(30)18-8-9-18)24-28(23(25)31)15-20(29)27-12-4-6-16-5-2-3-7-19(16)27/h2-3,5,7,17-18H,4,6,8-15H2,1H3. The molecule has 1 saturated heterocycles. The van der Waals surface area contributed by atoms with Crippen molar-refractivity contribution in [3.05, 3.63) is 46.1 Å². The van der Waals surface area contributed by atoms with E-state index in [1.807, 2.05) is 23.1 Å². The number of hydrogen-bond donors (Lipinski definition) is 0. The van der Waals surface area contributed by atoms with E-state index in [2.05, 4.69) is 11.2 Å². The number of aryl methyl sites for hydroxylation is 1. The number of anilines is 1. The van der Waals surface area contributed by atoms with Crippen molar-refractivity contribution in [1.29, 1.82) is 0 Å². The van der Waals surface area contributed by atoms with Gasteiger partial charge in [-0.05, 0) is 50.2 Å². The molecule has 0 radical (unpaired) electrons. The topological polar surface area (TPSA) is 80.4 Å². The summed E-state index contributed by atoms with van der Waals surface area (Å²) in [5, 5.41) is 4.56. The first-order chi connectivity index (χ1) is 15.0. The highest BCUT2D eigenvalue weighted by molar-refractivity contribution is 5.94. The molecule has 2 amide bonds. The van der Waals surface area contributed by atoms with Crippen LogP contribution in [-0.4, -0.2) is 50.7 Å². The molecular formula is C23H29N5O3. The number of hydrogen-bond acceptors (Lipinski definition) is 4. The van der Waals surface area contributed by atoms with E-state index in [-0.39, 0.29) is 35.9 Å². The monoisotopic (exact) mass is 423 g/mol. The van der Waals surface area contributed by atoms with Gasteiger partial charge in [0.05, 0.1) is 0 Å². The second kappa shape index (κ2) is 7.98. The van der Waals surface area contributed by atoms with E-state index >= 15 is 0 Å². The number of amides is 2. The van der Waals surface area contributed by atoms with Gasteiger partial charge in [0.2, 0.25) is 11.8 Å². The highest BCUT2D eigenvalue weighted by Gasteiger charge is 2.36. The molecule has 2 aliphatic heterocycles. The van der Waals surface area contributed by atoms with E-state index in [9.17, 15) is 14.4 Å². The Labute approximate surface area is 181 Å². The maximum Gasteiger partial charge on any atom is 0.346 e. The van der Waals surface area contributed by atoms with Crippen LogP contribution in [0.5, 0.6) is 0 Å². The summed E-state index contributed by atoms with van der Waals surface area (Å²) in [6.45, 7) is 2.03. The molecule has 0 unspecified atom stereocenters. The number of rotatable bonds is 4. The molecule has 1 aliphatic carbocycles. The van der Waals surface area contributed by atoms with Crippen LogP contribution < -0.4 is 10.6 Å². The quantitative estimate of drug-likeness (QED) is 0.749. The second-order valence-electron chi connectivity index (χ2n) is 9.01. The van der Waals surface area contributed by atoms with Crippen molar-refractivity contribution < 1.29 is 9.59 Å². The normalized spacial score (nSPS) is 19.4. The van der Waals surface area contributed by atoms with Gasteiger partial charge in [-0.3, -0.25) is 14.2 Å². The molecule has 0 N–H and O–H groups in total. The van der Waals surface area contributed by atoms with E-state index in [1.54, 1.807) is 16.5 Å². The van der Waals surface area contributed by atoms with Gasteiger partial charge in [0.25, 0.3) is 0 Å². The van der Waals surface area contributed by atoms with E-state index in [4.69, 9.17) is 0 Å². The lowest BCUT2D eigenvalue weighted by Crippen LogP contribution is -2.40. The molecule has 1 aromatic heterocycles. The van der Waals surface area contributed by atoms with E-state index in [0.29, 0.717) is 19.6 Å². The zero-order valence-corrected chi connectivity index (χ0v) is 18.0. The van der Waals surface area contributed by atoms with Gasteiger partial charge in [-0.2, -0.15) is 5.10 Å². The molecule has 31 heavy (non-hydrogen) atoms. The van der Waals surface area contributed by atoms with Gasteiger partial charge in [-0.1, -0.05) is 18.2 Å². The number of aromatic nitrogens is 3. The number of benzene rings is 1. The number of para-hydroxylation sites is 1. The van der Waals surface area contributed by atoms with Crippen LogP contribution in [0.15, 0.2) is 29.1 Å². The van der Waals surface area contributed by atoms with E-state index in [0.717, 1.165) is 50.0 Å². The minimum Gasteiger partial charge on any atom is -0.342 e. The Morgan fingerprint density at radius 1 is 1.06 bits per heavy atom. The summed E-state index contributed by atoms with van der Waals surface area (Å²) in [5.41, 5.74) is 1.85. The summed E-state index contributed by atoms with van der Waals surface area (Å²) < 4.78 is 2.87. The Morgan fingerprint density at radius 3 is 2.55 bits per heavy atom. The first kappa shape index (κ1) is 20.0. The average molecular weight is 424 g/mol. The Kier molecular flexibility index (Phi) is 5.16. The Morgan fingerprint density at radius 2 is 1.81 bits per heavy atom. The van der Waals surface area contributed by atoms with Crippen LogP contribution in [0, 0.1) is 5.92 Å². The molecule has 3 heterocycles. The first-order valence-electron chi connectivity index (χ1n) is 11.3. The summed E-state index contributed by atoms with van der Waals surface area (Å²) in [6, 6.07) is 7.96. The van der Waals surface area contributed by atoms with Crippen LogP contribution in [0.2, 0.25) is 0 Å². The largest absolute Gasteiger partial charge is 0.346 e. The van der Waals surface area contributed by atoms with Crippen molar-refractivity contribution in [1.82, 2.24) is 19.2 Å². The van der Waals surface area contributed by atoms with Gasteiger partial charge in [0, 0.05) is 44.2 Å². The summed E-state index contributed by atoms with van der Waals surface area (Å²) in [5.74, 6) is 1.27. The molecule has 2 aromatic rings. The first-order valence-corrected chi connectivity index (χ1v) is 11.3. The minimum atomic E-state index is -0.259. The van der Waals surface area contributed by atoms with E-state index < -0.39 is 0 Å². The van der Waals surface area contributed by atoms with Gasteiger partial charge in [-0.15, -0.1) is 0 Å². The molecule has 0 atom stereocenters. The van der Waals surface area contributed by atoms with Gasteiger partial charge in [-0.25, -0.2) is 9.48 Å². The molecule has 8 heteroatoms. The van der Waals surface area contributed by atoms with E-state index in [1.165, 1.54) is 10.2 Å². The van der Waals surface area contributed by atoms with Crippen molar-refractivity contribution in [3.8, 4) is 0 Å². The summed E-state index contributed by atoms with van der Waals surface area (Å²) >= 11 is 0. The number of carbonyl (C=O) groups excluding carboxylic acids is 2. The van der Waals surface area contributed by atoms with Crippen LogP contribution in [0.25, 0.3) is 0 Å². The summed E-state index contributed by atoms with van der Waals surface area (Å²) in [6.07, 6.45) is 5.53. The SMILES string of the molecule is Cn1c(C2CCN(C(=O)C3CC3)CC2)nn(CC(=O)N2CCCc3ccccc32)c1=O. The molecule has 0 bridgehead atoms. The highest BCUT2D eigenvalue weighted by atomic mass is 16.2. The van der Waals surface area contributed by atoms with Crippen LogP contribution in [-0.2, 0) is 29.6 Å². The van der Waals surface area contributed by atoms with Crippen molar-refractivity contribution in [2.45, 2.75) is 51.0 Å². The molecule has 1 saturated carbocycles. The third-order valence-corrected chi connectivity index (χ3v) is 6.87. The van der Waals surface area contributed by atoms with Gasteiger partial charge < -0.3 is 9.80 Å². The lowest BCUT2D eigenvalue weighted by Gasteiger charge is -2.31. The third-order valence-electron chi connectivity index (χ3n) is 6.87. The number of likely N-dealkylation sites (tertiary alicyclic amines) is 1. The van der Waals surface area contributed by atoms with Crippen LogP contribution >= 0.6 is 0 Å². The van der Waals surface area contributed by atoms with Crippen molar-refractivity contribution in [2.24, 2.45) is 13.0 Å². The van der Waals surface area contributed by atoms with Crippen LogP contribution in [0.1, 0.15) is 49.4 Å². The fraction of sp³-hybridized carbons (Fsp3) is 0.565. The molecule has 2 fully saturated rings. The maximum atomic E-state index is 13.0. The van der Waals surface area contributed by atoms with Crippen molar-refractivity contribution >= 4 is 17.5 Å². The highest BCUT2D eigenvalue weighted by Crippen LogP contribution is 2.34. The lowest BCUT2D eigenvalue weighted by molar-refractivity contribution is -0.133. The molecule has 164 valence electrons. The number of piperidine rings is 1. The Bertz CT molecular complexity index is 1060. The zero-order valence-electron chi connectivity index (χ0n) is 18.0. The minimum absolute atomic E-state index is 0.0555. The number of nitrogens with zero attached hydrogens (tertiary/aromatic N) is 5. The van der Waals surface area contributed by atoms with Crippen molar-refractivity contribution in [3.63, 3.8) is 0 Å². The van der Waals surface area contributed by atoms with Crippen LogP contribution in [0.3, 0.4) is 0 Å². The average Bonchev–Trinajstić information content (AvgIpc) is 3.61. The van der Waals surface area contributed by atoms with Gasteiger partial charge >= 0.3 is 5.69 Å². The predicted molar refractivity (Wildman–Crippen MR) is 116 cm³/mol. The second-order valence-corrected chi connectivity index (χ2v) is 9.01. The van der Waals surface area contributed by atoms with Gasteiger partial charge in [0.1, 0.15) is 12.4 Å². The number of carbonyl (C=O) groups is 2. The predicted octanol–water partition coefficient (Wildman–Crippen LogP) is 1.68. The lowest BCUT2D eigenvalue weighted by atomic mass is 9.95. The van der Waals surface area contributed by atoms with Crippen molar-refractivity contribution in [2.75, 3.05) is 24.5 Å². The molecule has 1 aromatic carbocycles. The third kappa shape index (κ3) is 3.79. The molecular weight excluding hydrogens is 394 g/mol. The zero-order chi connectivity index (χ0) is 21.5. The summed E-state index contributed by atoms with van der Waals surface area (Å²) in [7, 11) is 1.73. The Hall–Kier alpha value is -2.90. The fourth-order valence-corrected chi connectivity index (χ4v) is 4.92. The smallest absolute Gasteiger partial charge is 0.342 e. The molecule has 0 spiro atoms.